The Bertz CT molecular complexity index is 1280. The highest BCUT2D eigenvalue weighted by Gasteiger charge is 2.46. The summed E-state index contributed by atoms with van der Waals surface area (Å²) in [4.78, 5) is 28.5. The SMILES string of the molecule is COC(=O)C1=C(C)c2cc(OC)ccc2C2C(C3CCCCC3)c3ccc(C(=O)OC(C)(C)C)cc3N2C1. The van der Waals surface area contributed by atoms with Gasteiger partial charge >= 0.3 is 11.9 Å². The lowest BCUT2D eigenvalue weighted by Crippen LogP contribution is -2.32. The Morgan fingerprint density at radius 2 is 1.63 bits per heavy atom. The van der Waals surface area contributed by atoms with Crippen molar-refractivity contribution >= 4 is 23.2 Å². The number of anilines is 1. The summed E-state index contributed by atoms with van der Waals surface area (Å²) < 4.78 is 16.5. The van der Waals surface area contributed by atoms with Crippen LogP contribution in [0.2, 0.25) is 0 Å². The molecule has 38 heavy (non-hydrogen) atoms. The molecule has 2 aliphatic heterocycles. The summed E-state index contributed by atoms with van der Waals surface area (Å²) in [7, 11) is 3.10. The Morgan fingerprint density at radius 3 is 2.29 bits per heavy atom. The lowest BCUT2D eigenvalue weighted by Gasteiger charge is -2.36. The van der Waals surface area contributed by atoms with Crippen LogP contribution in [0.4, 0.5) is 5.69 Å². The molecule has 202 valence electrons. The molecule has 1 saturated carbocycles. The summed E-state index contributed by atoms with van der Waals surface area (Å²) in [6, 6.07) is 12.3. The highest BCUT2D eigenvalue weighted by molar-refractivity contribution is 6.00. The smallest absolute Gasteiger partial charge is 0.338 e. The molecule has 0 N–H and O–H groups in total. The number of esters is 2. The molecule has 2 unspecified atom stereocenters. The second-order valence-electron chi connectivity index (χ2n) is 11.8. The van der Waals surface area contributed by atoms with Gasteiger partial charge in [0.05, 0.1) is 37.9 Å². The summed E-state index contributed by atoms with van der Waals surface area (Å²) >= 11 is 0. The quantitative estimate of drug-likeness (QED) is 0.414. The summed E-state index contributed by atoms with van der Waals surface area (Å²) in [5.74, 6) is 0.883. The minimum absolute atomic E-state index is 0.0417. The zero-order chi connectivity index (χ0) is 27.2. The maximum Gasteiger partial charge on any atom is 0.338 e. The third-order valence-electron chi connectivity index (χ3n) is 8.36. The van der Waals surface area contributed by atoms with Crippen molar-refractivity contribution in [3.05, 3.63) is 64.2 Å². The van der Waals surface area contributed by atoms with E-state index in [-0.39, 0.29) is 23.9 Å². The van der Waals surface area contributed by atoms with Gasteiger partial charge in [-0.05, 0) is 93.0 Å². The van der Waals surface area contributed by atoms with Gasteiger partial charge in [0.25, 0.3) is 0 Å². The Balaban J connectivity index is 1.70. The molecule has 3 aliphatic rings. The van der Waals surface area contributed by atoms with Crippen LogP contribution < -0.4 is 9.64 Å². The van der Waals surface area contributed by atoms with E-state index in [2.05, 4.69) is 17.0 Å². The van der Waals surface area contributed by atoms with Crippen LogP contribution in [0.5, 0.6) is 5.75 Å². The second kappa shape index (κ2) is 10.1. The van der Waals surface area contributed by atoms with Crippen LogP contribution in [-0.4, -0.2) is 38.3 Å². The van der Waals surface area contributed by atoms with Gasteiger partial charge in [-0.2, -0.15) is 0 Å². The van der Waals surface area contributed by atoms with Crippen LogP contribution in [0.15, 0.2) is 42.0 Å². The third-order valence-corrected chi connectivity index (χ3v) is 8.36. The summed E-state index contributed by atoms with van der Waals surface area (Å²) in [5.41, 5.74) is 5.95. The van der Waals surface area contributed by atoms with Crippen LogP contribution in [-0.2, 0) is 14.3 Å². The van der Waals surface area contributed by atoms with Crippen LogP contribution >= 0.6 is 0 Å². The number of rotatable bonds is 4. The first-order valence-corrected chi connectivity index (χ1v) is 13.7. The van der Waals surface area contributed by atoms with Gasteiger partial charge in [0.2, 0.25) is 0 Å². The van der Waals surface area contributed by atoms with Crippen LogP contribution in [0.3, 0.4) is 0 Å². The molecule has 2 heterocycles. The highest BCUT2D eigenvalue weighted by atomic mass is 16.6. The molecule has 1 aliphatic carbocycles. The molecule has 2 atom stereocenters. The number of allylic oxidation sites excluding steroid dienone is 1. The number of carbonyl (C=O) groups excluding carboxylic acids is 2. The maximum absolute atomic E-state index is 13.1. The standard InChI is InChI=1S/C32H39NO5/c1-19-25-17-22(36-5)13-15-23(25)29-28(20-10-8-7-9-11-20)24-14-12-21(30(34)38-32(2,3)4)16-27(24)33(29)18-26(19)31(35)37-6/h12-17,20,28-29H,7-11,18H2,1-6H3. The van der Waals surface area contributed by atoms with Crippen molar-refractivity contribution in [2.24, 2.45) is 5.92 Å². The zero-order valence-corrected chi connectivity index (χ0v) is 23.4. The number of methoxy groups -OCH3 is 2. The third kappa shape index (κ3) is 4.70. The molecule has 0 saturated heterocycles. The van der Waals surface area contributed by atoms with Gasteiger partial charge in [-0.15, -0.1) is 0 Å². The molecule has 6 heteroatoms. The normalized spacial score (nSPS) is 21.3. The number of hydrogen-bond donors (Lipinski definition) is 0. The number of ether oxygens (including phenoxy) is 3. The average molecular weight is 518 g/mol. The van der Waals surface area contributed by atoms with E-state index in [0.717, 1.165) is 22.6 Å². The van der Waals surface area contributed by atoms with Crippen molar-refractivity contribution in [2.75, 3.05) is 25.7 Å². The molecule has 1 fully saturated rings. The van der Waals surface area contributed by atoms with Gasteiger partial charge < -0.3 is 19.1 Å². The van der Waals surface area contributed by atoms with Gasteiger partial charge in [0, 0.05) is 11.6 Å². The fourth-order valence-electron chi connectivity index (χ4n) is 6.64. The van der Waals surface area contributed by atoms with Crippen LogP contribution in [0.1, 0.15) is 98.8 Å². The summed E-state index contributed by atoms with van der Waals surface area (Å²) in [6.07, 6.45) is 6.12. The molecule has 0 radical (unpaired) electrons. The molecule has 0 aromatic heterocycles. The van der Waals surface area contributed by atoms with E-state index in [4.69, 9.17) is 14.2 Å². The minimum Gasteiger partial charge on any atom is -0.497 e. The Kier molecular flexibility index (Phi) is 7.01. The van der Waals surface area contributed by atoms with E-state index in [1.165, 1.54) is 50.3 Å². The van der Waals surface area contributed by atoms with Crippen LogP contribution in [0.25, 0.3) is 5.57 Å². The first-order chi connectivity index (χ1) is 18.1. The number of carbonyl (C=O) groups is 2. The Hall–Kier alpha value is -3.28. The lowest BCUT2D eigenvalue weighted by atomic mass is 9.72. The Morgan fingerprint density at radius 1 is 0.921 bits per heavy atom. The van der Waals surface area contributed by atoms with Crippen molar-refractivity contribution in [2.45, 2.75) is 77.4 Å². The fourth-order valence-corrected chi connectivity index (χ4v) is 6.64. The summed E-state index contributed by atoms with van der Waals surface area (Å²) in [5, 5.41) is 0. The van der Waals surface area contributed by atoms with Crippen molar-refractivity contribution in [1.29, 1.82) is 0 Å². The van der Waals surface area contributed by atoms with Crippen molar-refractivity contribution in [3.8, 4) is 5.75 Å². The van der Waals surface area contributed by atoms with Crippen molar-refractivity contribution in [3.63, 3.8) is 0 Å². The molecular weight excluding hydrogens is 478 g/mol. The first kappa shape index (κ1) is 26.3. The average Bonchev–Trinajstić information content (AvgIpc) is 3.16. The first-order valence-electron chi connectivity index (χ1n) is 13.7. The van der Waals surface area contributed by atoms with Crippen molar-refractivity contribution < 1.29 is 23.8 Å². The fraction of sp³-hybridized carbons (Fsp3) is 0.500. The van der Waals surface area contributed by atoms with Gasteiger partial charge in [0.15, 0.2) is 0 Å². The van der Waals surface area contributed by atoms with E-state index in [1.54, 1.807) is 7.11 Å². The molecular formula is C32H39NO5. The highest BCUT2D eigenvalue weighted by Crippen LogP contribution is 2.57. The molecule has 6 nitrogen and oxygen atoms in total. The second-order valence-corrected chi connectivity index (χ2v) is 11.8. The van der Waals surface area contributed by atoms with Crippen molar-refractivity contribution in [1.82, 2.24) is 0 Å². The monoisotopic (exact) mass is 517 g/mol. The van der Waals surface area contributed by atoms with Gasteiger partial charge in [0.1, 0.15) is 11.4 Å². The predicted octanol–water partition coefficient (Wildman–Crippen LogP) is 6.84. The number of fused-ring (bicyclic) bond motifs is 5. The largest absolute Gasteiger partial charge is 0.497 e. The van der Waals surface area contributed by atoms with E-state index in [9.17, 15) is 9.59 Å². The van der Waals surface area contributed by atoms with E-state index < -0.39 is 5.60 Å². The topological polar surface area (TPSA) is 65.1 Å². The number of nitrogens with zero attached hydrogens (tertiary/aromatic N) is 1. The molecule has 0 amide bonds. The zero-order valence-electron chi connectivity index (χ0n) is 23.4. The molecule has 0 spiro atoms. The van der Waals surface area contributed by atoms with Crippen LogP contribution in [0, 0.1) is 5.92 Å². The molecule has 5 rings (SSSR count). The summed E-state index contributed by atoms with van der Waals surface area (Å²) in [6.45, 7) is 8.05. The molecule has 2 aromatic carbocycles. The molecule has 0 bridgehead atoms. The number of hydrogen-bond acceptors (Lipinski definition) is 6. The maximum atomic E-state index is 13.1. The van der Waals surface area contributed by atoms with E-state index >= 15 is 0 Å². The van der Waals surface area contributed by atoms with E-state index in [0.29, 0.717) is 23.6 Å². The minimum atomic E-state index is -0.582. The van der Waals surface area contributed by atoms with Gasteiger partial charge in [-0.25, -0.2) is 9.59 Å². The van der Waals surface area contributed by atoms with Gasteiger partial charge in [-0.1, -0.05) is 31.4 Å². The predicted molar refractivity (Wildman–Crippen MR) is 149 cm³/mol. The number of benzene rings is 2. The lowest BCUT2D eigenvalue weighted by molar-refractivity contribution is -0.136. The molecule has 2 aromatic rings. The van der Waals surface area contributed by atoms with Gasteiger partial charge in [-0.3, -0.25) is 0 Å². The Labute approximate surface area is 226 Å². The van der Waals surface area contributed by atoms with E-state index in [1.807, 2.05) is 52.0 Å².